The zero-order valence-corrected chi connectivity index (χ0v) is 16.0. The summed E-state index contributed by atoms with van der Waals surface area (Å²) in [5.74, 6) is -0.0284. The van der Waals surface area contributed by atoms with E-state index in [1.807, 2.05) is 43.3 Å². The third kappa shape index (κ3) is 4.02. The van der Waals surface area contributed by atoms with Crippen molar-refractivity contribution in [3.63, 3.8) is 0 Å². The Morgan fingerprint density at radius 1 is 1.08 bits per heavy atom. The number of hydrogen-bond donors (Lipinski definition) is 1. The SMILES string of the molecule is CCN(CC(=O)Nc1ccc(C)cc1Br)c1cccc2ccccc12. The molecule has 0 fully saturated rings. The van der Waals surface area contributed by atoms with Crippen LogP contribution >= 0.6 is 15.9 Å². The average Bonchev–Trinajstić information content (AvgIpc) is 2.62. The van der Waals surface area contributed by atoms with Gasteiger partial charge in [0.05, 0.1) is 12.2 Å². The van der Waals surface area contributed by atoms with Gasteiger partial charge in [-0.1, -0.05) is 42.5 Å². The molecule has 0 radical (unpaired) electrons. The van der Waals surface area contributed by atoms with Gasteiger partial charge in [0.15, 0.2) is 0 Å². The van der Waals surface area contributed by atoms with E-state index in [1.165, 1.54) is 5.39 Å². The first kappa shape index (κ1) is 17.5. The van der Waals surface area contributed by atoms with Crippen LogP contribution in [0.1, 0.15) is 12.5 Å². The first-order chi connectivity index (χ1) is 12.1. The predicted molar refractivity (Wildman–Crippen MR) is 109 cm³/mol. The van der Waals surface area contributed by atoms with Gasteiger partial charge in [0.25, 0.3) is 0 Å². The Morgan fingerprint density at radius 2 is 1.84 bits per heavy atom. The van der Waals surface area contributed by atoms with Gasteiger partial charge in [0, 0.05) is 22.1 Å². The van der Waals surface area contributed by atoms with E-state index in [-0.39, 0.29) is 5.91 Å². The molecule has 0 saturated heterocycles. The van der Waals surface area contributed by atoms with Gasteiger partial charge in [-0.15, -0.1) is 0 Å². The van der Waals surface area contributed by atoms with Crippen LogP contribution in [-0.4, -0.2) is 19.0 Å². The second-order valence-electron chi connectivity index (χ2n) is 6.04. The van der Waals surface area contributed by atoms with Crippen molar-refractivity contribution in [2.24, 2.45) is 0 Å². The molecule has 4 heteroatoms. The van der Waals surface area contributed by atoms with Crippen LogP contribution in [0.5, 0.6) is 0 Å². The van der Waals surface area contributed by atoms with E-state index in [9.17, 15) is 4.79 Å². The highest BCUT2D eigenvalue weighted by atomic mass is 79.9. The Labute approximate surface area is 156 Å². The lowest BCUT2D eigenvalue weighted by Gasteiger charge is -2.24. The third-order valence-corrected chi connectivity index (χ3v) is 4.88. The number of anilines is 2. The lowest BCUT2D eigenvalue weighted by atomic mass is 10.1. The van der Waals surface area contributed by atoms with Crippen molar-refractivity contribution in [2.75, 3.05) is 23.3 Å². The fourth-order valence-electron chi connectivity index (χ4n) is 2.94. The summed E-state index contributed by atoms with van der Waals surface area (Å²) in [6, 6.07) is 20.4. The van der Waals surface area contributed by atoms with E-state index in [0.717, 1.165) is 33.3 Å². The van der Waals surface area contributed by atoms with Gasteiger partial charge in [-0.3, -0.25) is 4.79 Å². The van der Waals surface area contributed by atoms with E-state index in [2.05, 4.69) is 57.3 Å². The summed E-state index contributed by atoms with van der Waals surface area (Å²) in [6.45, 7) is 5.16. The number of amides is 1. The number of nitrogens with one attached hydrogen (secondary N) is 1. The fraction of sp³-hybridized carbons (Fsp3) is 0.190. The molecule has 0 atom stereocenters. The maximum Gasteiger partial charge on any atom is 0.243 e. The molecule has 0 saturated carbocycles. The number of nitrogens with zero attached hydrogens (tertiary/aromatic N) is 1. The van der Waals surface area contributed by atoms with Crippen LogP contribution in [0.15, 0.2) is 65.1 Å². The molecule has 0 aliphatic carbocycles. The van der Waals surface area contributed by atoms with Gasteiger partial charge in [-0.2, -0.15) is 0 Å². The molecule has 128 valence electrons. The number of aryl methyl sites for hydroxylation is 1. The minimum atomic E-state index is -0.0284. The van der Waals surface area contributed by atoms with E-state index in [0.29, 0.717) is 6.54 Å². The highest BCUT2D eigenvalue weighted by Crippen LogP contribution is 2.27. The minimum absolute atomic E-state index is 0.0284. The third-order valence-electron chi connectivity index (χ3n) is 4.22. The molecule has 3 aromatic rings. The second kappa shape index (κ2) is 7.70. The zero-order chi connectivity index (χ0) is 17.8. The largest absolute Gasteiger partial charge is 0.362 e. The number of rotatable bonds is 5. The number of fused-ring (bicyclic) bond motifs is 1. The summed E-state index contributed by atoms with van der Waals surface area (Å²) in [7, 11) is 0. The van der Waals surface area contributed by atoms with Crippen molar-refractivity contribution < 1.29 is 4.79 Å². The summed E-state index contributed by atoms with van der Waals surface area (Å²) in [6.07, 6.45) is 0. The molecule has 0 spiro atoms. The van der Waals surface area contributed by atoms with Gasteiger partial charge in [0.2, 0.25) is 5.91 Å². The number of hydrogen-bond acceptors (Lipinski definition) is 2. The van der Waals surface area contributed by atoms with Gasteiger partial charge in [-0.25, -0.2) is 0 Å². The quantitative estimate of drug-likeness (QED) is 0.627. The number of halogens is 1. The molecule has 3 aromatic carbocycles. The van der Waals surface area contributed by atoms with Crippen molar-refractivity contribution in [1.29, 1.82) is 0 Å². The maximum absolute atomic E-state index is 12.6. The fourth-order valence-corrected chi connectivity index (χ4v) is 3.53. The van der Waals surface area contributed by atoms with E-state index in [1.54, 1.807) is 0 Å². The highest BCUT2D eigenvalue weighted by molar-refractivity contribution is 9.10. The molecule has 25 heavy (non-hydrogen) atoms. The Kier molecular flexibility index (Phi) is 5.39. The molecular weight excluding hydrogens is 376 g/mol. The molecule has 0 aromatic heterocycles. The summed E-state index contributed by atoms with van der Waals surface area (Å²) >= 11 is 3.51. The van der Waals surface area contributed by atoms with Crippen LogP contribution in [0.3, 0.4) is 0 Å². The molecule has 3 nitrogen and oxygen atoms in total. The molecular formula is C21H21BrN2O. The number of likely N-dealkylation sites (N-methyl/N-ethyl adjacent to an activating group) is 1. The Morgan fingerprint density at radius 3 is 2.60 bits per heavy atom. The average molecular weight is 397 g/mol. The normalized spacial score (nSPS) is 10.7. The van der Waals surface area contributed by atoms with E-state index < -0.39 is 0 Å². The summed E-state index contributed by atoms with van der Waals surface area (Å²) in [5, 5.41) is 5.34. The van der Waals surface area contributed by atoms with Crippen LogP contribution in [-0.2, 0) is 4.79 Å². The van der Waals surface area contributed by atoms with Crippen LogP contribution in [0.2, 0.25) is 0 Å². The first-order valence-corrected chi connectivity index (χ1v) is 9.16. The lowest BCUT2D eigenvalue weighted by Crippen LogP contribution is -2.33. The molecule has 0 aliphatic heterocycles. The number of carbonyl (C=O) groups is 1. The Balaban J connectivity index is 1.80. The molecule has 1 N–H and O–H groups in total. The summed E-state index contributed by atoms with van der Waals surface area (Å²) in [4.78, 5) is 14.7. The standard InChI is InChI=1S/C21H21BrN2O/c1-3-24(20-10-6-8-16-7-4-5-9-17(16)20)14-21(25)23-19-12-11-15(2)13-18(19)22/h4-13H,3,14H2,1-2H3,(H,23,25). The second-order valence-corrected chi connectivity index (χ2v) is 6.90. The molecule has 0 bridgehead atoms. The van der Waals surface area contributed by atoms with Crippen LogP contribution < -0.4 is 10.2 Å². The lowest BCUT2D eigenvalue weighted by molar-refractivity contribution is -0.115. The summed E-state index contributed by atoms with van der Waals surface area (Å²) in [5.41, 5.74) is 3.03. The zero-order valence-electron chi connectivity index (χ0n) is 14.4. The van der Waals surface area contributed by atoms with E-state index >= 15 is 0 Å². The van der Waals surface area contributed by atoms with Gasteiger partial charge < -0.3 is 10.2 Å². The minimum Gasteiger partial charge on any atom is -0.362 e. The first-order valence-electron chi connectivity index (χ1n) is 8.37. The van der Waals surface area contributed by atoms with Gasteiger partial charge in [-0.05, 0) is 58.9 Å². The van der Waals surface area contributed by atoms with Crippen LogP contribution in [0.25, 0.3) is 10.8 Å². The Bertz CT molecular complexity index is 902. The maximum atomic E-state index is 12.6. The van der Waals surface area contributed by atoms with Crippen molar-refractivity contribution in [2.45, 2.75) is 13.8 Å². The van der Waals surface area contributed by atoms with Crippen molar-refractivity contribution in [3.05, 3.63) is 70.7 Å². The molecule has 0 heterocycles. The molecule has 1 amide bonds. The topological polar surface area (TPSA) is 32.3 Å². The monoisotopic (exact) mass is 396 g/mol. The van der Waals surface area contributed by atoms with Crippen molar-refractivity contribution in [1.82, 2.24) is 0 Å². The van der Waals surface area contributed by atoms with E-state index in [4.69, 9.17) is 0 Å². The van der Waals surface area contributed by atoms with Crippen molar-refractivity contribution >= 4 is 44.0 Å². The van der Waals surface area contributed by atoms with Gasteiger partial charge in [0.1, 0.15) is 0 Å². The molecule has 0 aliphatic rings. The van der Waals surface area contributed by atoms with Crippen molar-refractivity contribution in [3.8, 4) is 0 Å². The molecule has 3 rings (SSSR count). The van der Waals surface area contributed by atoms with Crippen LogP contribution in [0.4, 0.5) is 11.4 Å². The van der Waals surface area contributed by atoms with Gasteiger partial charge >= 0.3 is 0 Å². The molecule has 0 unspecified atom stereocenters. The number of benzene rings is 3. The smallest absolute Gasteiger partial charge is 0.243 e. The highest BCUT2D eigenvalue weighted by Gasteiger charge is 2.13. The Hall–Kier alpha value is -2.33. The predicted octanol–water partition coefficient (Wildman–Crippen LogP) is 5.38. The number of carbonyl (C=O) groups excluding carboxylic acids is 1. The van der Waals surface area contributed by atoms with Crippen LogP contribution in [0, 0.1) is 6.92 Å². The summed E-state index contributed by atoms with van der Waals surface area (Å²) < 4.78 is 0.897.